The van der Waals surface area contributed by atoms with E-state index in [1.165, 1.54) is 18.7 Å². The molecular weight excluding hydrogens is 418 g/mol. The summed E-state index contributed by atoms with van der Waals surface area (Å²) in [5.74, 6) is -0.642. The van der Waals surface area contributed by atoms with E-state index in [9.17, 15) is 24.3 Å². The van der Waals surface area contributed by atoms with Gasteiger partial charge in [-0.25, -0.2) is 19.0 Å². The Balaban J connectivity index is 2.33. The molecule has 0 aliphatic heterocycles. The van der Waals surface area contributed by atoms with E-state index >= 15 is 0 Å². The van der Waals surface area contributed by atoms with E-state index in [-0.39, 0.29) is 12.0 Å². The average Bonchev–Trinajstić information content (AvgIpc) is 2.71. The Morgan fingerprint density at radius 1 is 1.16 bits per heavy atom. The third-order valence-electron chi connectivity index (χ3n) is 4.85. The van der Waals surface area contributed by atoms with Crippen LogP contribution in [0.1, 0.15) is 37.6 Å². The fourth-order valence-corrected chi connectivity index (χ4v) is 3.08. The second-order valence-electron chi connectivity index (χ2n) is 8.30. The highest BCUT2D eigenvalue weighted by Crippen LogP contribution is 2.12. The van der Waals surface area contributed by atoms with Crippen LogP contribution >= 0.6 is 0 Å². The number of rotatable bonds is 6. The van der Waals surface area contributed by atoms with E-state index in [2.05, 4.69) is 5.32 Å². The van der Waals surface area contributed by atoms with Crippen molar-refractivity contribution in [2.45, 2.75) is 52.4 Å². The summed E-state index contributed by atoms with van der Waals surface area (Å²) in [6.07, 6.45) is -0.648. The van der Waals surface area contributed by atoms with Crippen LogP contribution in [0.15, 0.2) is 33.9 Å². The molecule has 0 unspecified atom stereocenters. The van der Waals surface area contributed by atoms with E-state index in [0.717, 1.165) is 4.57 Å². The Kier molecular flexibility index (Phi) is 7.63. The highest BCUT2D eigenvalue weighted by molar-refractivity contribution is 5.81. The first kappa shape index (κ1) is 24.9. The van der Waals surface area contributed by atoms with Crippen molar-refractivity contribution in [3.05, 3.63) is 61.9 Å². The molecule has 2 N–H and O–H groups in total. The SMILES string of the molecule is COC(=O)[C@H](Cc1ccc(-n2c(=O)c(CO)c(C)n(C)c2=O)cc1)NC(=O)OC(C)(C)C. The second kappa shape index (κ2) is 9.82. The molecule has 10 nitrogen and oxygen atoms in total. The molecular formula is C22H29N3O7. The van der Waals surface area contributed by atoms with E-state index in [1.54, 1.807) is 52.0 Å². The summed E-state index contributed by atoms with van der Waals surface area (Å²) in [6.45, 7) is 6.22. The molecule has 1 aromatic carbocycles. The summed E-state index contributed by atoms with van der Waals surface area (Å²) in [5.41, 5.74) is -0.388. The van der Waals surface area contributed by atoms with Gasteiger partial charge < -0.3 is 24.5 Å². The lowest BCUT2D eigenvalue weighted by Gasteiger charge is -2.22. The van der Waals surface area contributed by atoms with Crippen molar-refractivity contribution < 1.29 is 24.2 Å². The van der Waals surface area contributed by atoms with Crippen LogP contribution in [0.4, 0.5) is 4.79 Å². The maximum absolute atomic E-state index is 12.7. The first-order valence-corrected chi connectivity index (χ1v) is 9.98. The Hall–Kier alpha value is -3.40. The molecule has 2 aromatic rings. The van der Waals surface area contributed by atoms with Crippen LogP contribution in [-0.4, -0.2) is 45.1 Å². The molecule has 0 spiro atoms. The number of ether oxygens (including phenoxy) is 2. The number of aromatic nitrogens is 2. The lowest BCUT2D eigenvalue weighted by Crippen LogP contribution is -2.45. The van der Waals surface area contributed by atoms with Gasteiger partial charge in [-0.1, -0.05) is 12.1 Å². The van der Waals surface area contributed by atoms with Crippen molar-refractivity contribution in [1.82, 2.24) is 14.5 Å². The number of nitrogens with zero attached hydrogens (tertiary/aromatic N) is 2. The van der Waals surface area contributed by atoms with Gasteiger partial charge in [-0.15, -0.1) is 0 Å². The first-order chi connectivity index (χ1) is 14.9. The molecule has 0 aliphatic carbocycles. The zero-order valence-electron chi connectivity index (χ0n) is 19.1. The average molecular weight is 447 g/mol. The van der Waals surface area contributed by atoms with Crippen molar-refractivity contribution in [2.75, 3.05) is 7.11 Å². The number of esters is 1. The fourth-order valence-electron chi connectivity index (χ4n) is 3.08. The molecule has 0 saturated carbocycles. The first-order valence-electron chi connectivity index (χ1n) is 9.98. The van der Waals surface area contributed by atoms with E-state index in [0.29, 0.717) is 16.9 Å². The van der Waals surface area contributed by atoms with Gasteiger partial charge in [0.2, 0.25) is 0 Å². The van der Waals surface area contributed by atoms with Gasteiger partial charge in [0.05, 0.1) is 25.0 Å². The van der Waals surface area contributed by atoms with Crippen LogP contribution in [0, 0.1) is 6.92 Å². The van der Waals surface area contributed by atoms with E-state index < -0.39 is 41.6 Å². The van der Waals surface area contributed by atoms with Crippen LogP contribution in [0.25, 0.3) is 5.69 Å². The summed E-state index contributed by atoms with van der Waals surface area (Å²) < 4.78 is 12.2. The molecule has 1 aromatic heterocycles. The van der Waals surface area contributed by atoms with Crippen LogP contribution in [0.3, 0.4) is 0 Å². The monoisotopic (exact) mass is 447 g/mol. The standard InChI is InChI=1S/C22H29N3O7/c1-13-16(12-26)18(27)25(21(30)24(13)5)15-9-7-14(8-10-15)11-17(19(28)31-6)23-20(29)32-22(2,3)4/h7-10,17,26H,11-12H2,1-6H3,(H,23,29)/t17-/m0/s1. The number of benzene rings is 1. The quantitative estimate of drug-likeness (QED) is 0.631. The van der Waals surface area contributed by atoms with Crippen LogP contribution < -0.4 is 16.6 Å². The highest BCUT2D eigenvalue weighted by Gasteiger charge is 2.25. The molecule has 0 saturated heterocycles. The van der Waals surface area contributed by atoms with Crippen molar-refractivity contribution in [2.24, 2.45) is 7.05 Å². The molecule has 1 amide bonds. The second-order valence-corrected chi connectivity index (χ2v) is 8.30. The van der Waals surface area contributed by atoms with Gasteiger partial charge in [0.25, 0.3) is 5.56 Å². The largest absolute Gasteiger partial charge is 0.467 e. The molecule has 32 heavy (non-hydrogen) atoms. The summed E-state index contributed by atoms with van der Waals surface area (Å²) in [5, 5.41) is 12.0. The number of carbonyl (C=O) groups is 2. The number of nitrogens with one attached hydrogen (secondary N) is 1. The molecule has 1 atom stereocenters. The van der Waals surface area contributed by atoms with Crippen molar-refractivity contribution in [3.63, 3.8) is 0 Å². The van der Waals surface area contributed by atoms with Crippen LogP contribution in [0.2, 0.25) is 0 Å². The zero-order valence-corrected chi connectivity index (χ0v) is 19.1. The number of hydrogen-bond donors (Lipinski definition) is 2. The molecule has 10 heteroatoms. The maximum atomic E-state index is 12.7. The number of alkyl carbamates (subject to hydrolysis) is 1. The Morgan fingerprint density at radius 2 is 1.75 bits per heavy atom. The zero-order chi connectivity index (χ0) is 24.2. The van der Waals surface area contributed by atoms with Crippen LogP contribution in [0.5, 0.6) is 0 Å². The molecule has 2 rings (SSSR count). The summed E-state index contributed by atoms with van der Waals surface area (Å²) in [6, 6.07) is 5.38. The highest BCUT2D eigenvalue weighted by atomic mass is 16.6. The minimum absolute atomic E-state index is 0.106. The smallest absolute Gasteiger partial charge is 0.408 e. The van der Waals surface area contributed by atoms with Gasteiger partial charge in [0.1, 0.15) is 11.6 Å². The Morgan fingerprint density at radius 3 is 2.25 bits per heavy atom. The summed E-state index contributed by atoms with van der Waals surface area (Å²) >= 11 is 0. The number of amides is 1. The number of aliphatic hydroxyl groups excluding tert-OH is 1. The number of methoxy groups -OCH3 is 1. The third-order valence-corrected chi connectivity index (χ3v) is 4.85. The van der Waals surface area contributed by atoms with Crippen molar-refractivity contribution in [3.8, 4) is 5.69 Å². The van der Waals surface area contributed by atoms with Crippen LogP contribution in [-0.2, 0) is 34.3 Å². The van der Waals surface area contributed by atoms with E-state index in [1.807, 2.05) is 0 Å². The maximum Gasteiger partial charge on any atom is 0.408 e. The Labute approximate surface area is 185 Å². The summed E-state index contributed by atoms with van der Waals surface area (Å²) in [4.78, 5) is 49.5. The van der Waals surface area contributed by atoms with Gasteiger partial charge in [-0.3, -0.25) is 4.79 Å². The molecule has 1 heterocycles. The Bertz CT molecular complexity index is 1110. The molecule has 174 valence electrons. The summed E-state index contributed by atoms with van der Waals surface area (Å²) in [7, 11) is 2.73. The molecule has 0 aliphatic rings. The minimum atomic E-state index is -0.989. The molecule has 0 bridgehead atoms. The predicted molar refractivity (Wildman–Crippen MR) is 117 cm³/mol. The molecule has 0 fully saturated rings. The lowest BCUT2D eigenvalue weighted by molar-refractivity contribution is -0.143. The predicted octanol–water partition coefficient (Wildman–Crippen LogP) is 0.946. The number of hydrogen-bond acceptors (Lipinski definition) is 7. The van der Waals surface area contributed by atoms with E-state index in [4.69, 9.17) is 9.47 Å². The topological polar surface area (TPSA) is 129 Å². The number of aliphatic hydroxyl groups is 1. The third kappa shape index (κ3) is 5.64. The van der Waals surface area contributed by atoms with Gasteiger partial charge in [0, 0.05) is 19.2 Å². The van der Waals surface area contributed by atoms with Crippen molar-refractivity contribution in [1.29, 1.82) is 0 Å². The lowest BCUT2D eigenvalue weighted by atomic mass is 10.1. The van der Waals surface area contributed by atoms with Gasteiger partial charge in [0.15, 0.2) is 0 Å². The van der Waals surface area contributed by atoms with Gasteiger partial charge >= 0.3 is 17.8 Å². The normalized spacial score (nSPS) is 12.2. The van der Waals surface area contributed by atoms with Crippen molar-refractivity contribution >= 4 is 12.1 Å². The fraction of sp³-hybridized carbons (Fsp3) is 0.455. The molecule has 0 radical (unpaired) electrons. The number of carbonyl (C=O) groups excluding carboxylic acids is 2. The minimum Gasteiger partial charge on any atom is -0.467 e. The van der Waals surface area contributed by atoms with Gasteiger partial charge in [-0.2, -0.15) is 0 Å². The van der Waals surface area contributed by atoms with Gasteiger partial charge in [-0.05, 0) is 45.4 Å².